The Bertz CT molecular complexity index is 798. The summed E-state index contributed by atoms with van der Waals surface area (Å²) in [5.74, 6) is 0.716. The molecule has 0 atom stereocenters. The summed E-state index contributed by atoms with van der Waals surface area (Å²) in [5, 5.41) is 2.17. The Kier molecular flexibility index (Phi) is 4.18. The molecule has 0 N–H and O–H groups in total. The van der Waals surface area contributed by atoms with Crippen molar-refractivity contribution >= 4 is 51.1 Å². The van der Waals surface area contributed by atoms with Crippen LogP contribution in [0.25, 0.3) is 16.8 Å². The van der Waals surface area contributed by atoms with Gasteiger partial charge in [0.1, 0.15) is 10.1 Å². The van der Waals surface area contributed by atoms with E-state index in [1.807, 2.05) is 49.4 Å². The van der Waals surface area contributed by atoms with E-state index in [2.05, 4.69) is 0 Å². The van der Waals surface area contributed by atoms with Crippen molar-refractivity contribution in [3.8, 4) is 5.75 Å². The second-order valence-electron chi connectivity index (χ2n) is 4.83. The van der Waals surface area contributed by atoms with Crippen molar-refractivity contribution in [3.63, 3.8) is 0 Å². The van der Waals surface area contributed by atoms with Gasteiger partial charge in [-0.2, -0.15) is 0 Å². The zero-order valence-corrected chi connectivity index (χ0v) is 14.0. The number of amides is 1. The molecule has 0 unspecified atom stereocenters. The lowest BCUT2D eigenvalue weighted by molar-refractivity contribution is -0.121. The predicted octanol–water partition coefficient (Wildman–Crippen LogP) is 4.07. The number of carbonyl (C=O) groups excluding carboxylic acids is 1. The van der Waals surface area contributed by atoms with Gasteiger partial charge in [-0.3, -0.25) is 9.69 Å². The molecule has 0 bridgehead atoms. The number of methoxy groups -OCH3 is 1. The van der Waals surface area contributed by atoms with Crippen LogP contribution in [0.1, 0.15) is 12.5 Å². The lowest BCUT2D eigenvalue weighted by atomic mass is 10.0. The Hall–Kier alpha value is -1.85. The summed E-state index contributed by atoms with van der Waals surface area (Å²) in [6, 6.07) is 12.0. The van der Waals surface area contributed by atoms with Gasteiger partial charge in [0.25, 0.3) is 5.91 Å². The normalized spacial score (nSPS) is 16.8. The van der Waals surface area contributed by atoms with Crippen molar-refractivity contribution in [2.24, 2.45) is 0 Å². The van der Waals surface area contributed by atoms with Crippen molar-refractivity contribution in [3.05, 3.63) is 46.9 Å². The molecule has 1 fully saturated rings. The first-order valence-corrected chi connectivity index (χ1v) is 8.19. The van der Waals surface area contributed by atoms with E-state index in [-0.39, 0.29) is 5.91 Å². The topological polar surface area (TPSA) is 29.5 Å². The molecule has 5 heteroatoms. The van der Waals surface area contributed by atoms with Gasteiger partial charge in [0.15, 0.2) is 0 Å². The Morgan fingerprint density at radius 3 is 2.73 bits per heavy atom. The van der Waals surface area contributed by atoms with E-state index in [1.54, 1.807) is 12.0 Å². The first kappa shape index (κ1) is 15.1. The maximum Gasteiger partial charge on any atom is 0.266 e. The highest BCUT2D eigenvalue weighted by molar-refractivity contribution is 8.26. The molecule has 0 spiro atoms. The molecule has 112 valence electrons. The predicted molar refractivity (Wildman–Crippen MR) is 96.1 cm³/mol. The highest BCUT2D eigenvalue weighted by Gasteiger charge is 2.31. The number of ether oxygens (including phenoxy) is 1. The molecule has 0 saturated carbocycles. The first-order valence-electron chi connectivity index (χ1n) is 6.96. The van der Waals surface area contributed by atoms with E-state index >= 15 is 0 Å². The van der Waals surface area contributed by atoms with Crippen molar-refractivity contribution in [2.45, 2.75) is 6.92 Å². The van der Waals surface area contributed by atoms with Gasteiger partial charge in [0.05, 0.1) is 12.0 Å². The Balaban J connectivity index is 2.16. The summed E-state index contributed by atoms with van der Waals surface area (Å²) < 4.78 is 6.08. The van der Waals surface area contributed by atoms with Crippen LogP contribution >= 0.6 is 24.0 Å². The van der Waals surface area contributed by atoms with Crippen LogP contribution in [-0.2, 0) is 4.79 Å². The second kappa shape index (κ2) is 6.10. The summed E-state index contributed by atoms with van der Waals surface area (Å²) in [4.78, 5) is 14.7. The number of carbonyl (C=O) groups is 1. The largest absolute Gasteiger partial charge is 0.496 e. The van der Waals surface area contributed by atoms with E-state index < -0.39 is 0 Å². The number of fused-ring (bicyclic) bond motifs is 1. The molecular weight excluding hydrogens is 314 g/mol. The third kappa shape index (κ3) is 2.51. The maximum absolute atomic E-state index is 12.4. The zero-order chi connectivity index (χ0) is 15.7. The minimum atomic E-state index is -0.0347. The van der Waals surface area contributed by atoms with Gasteiger partial charge in [0.2, 0.25) is 0 Å². The van der Waals surface area contributed by atoms with Crippen molar-refractivity contribution in [1.29, 1.82) is 0 Å². The van der Waals surface area contributed by atoms with Gasteiger partial charge in [-0.1, -0.05) is 54.3 Å². The fraction of sp³-hybridized carbons (Fsp3) is 0.176. The lowest BCUT2D eigenvalue weighted by Crippen LogP contribution is -2.27. The van der Waals surface area contributed by atoms with E-state index in [1.165, 1.54) is 11.8 Å². The molecule has 1 amide bonds. The average Bonchev–Trinajstić information content (AvgIpc) is 2.81. The number of likely N-dealkylation sites (N-methyl/N-ethyl adjacent to an activating group) is 1. The fourth-order valence-electron chi connectivity index (χ4n) is 2.51. The molecule has 0 aromatic heterocycles. The highest BCUT2D eigenvalue weighted by Crippen LogP contribution is 2.36. The van der Waals surface area contributed by atoms with Gasteiger partial charge in [-0.15, -0.1) is 0 Å². The van der Waals surface area contributed by atoms with Gasteiger partial charge in [-0.05, 0) is 29.8 Å². The summed E-state index contributed by atoms with van der Waals surface area (Å²) in [6.07, 6.45) is 1.89. The van der Waals surface area contributed by atoms with Gasteiger partial charge < -0.3 is 4.74 Å². The van der Waals surface area contributed by atoms with Gasteiger partial charge in [0, 0.05) is 12.1 Å². The average molecular weight is 329 g/mol. The Morgan fingerprint density at radius 1 is 1.27 bits per heavy atom. The first-order chi connectivity index (χ1) is 10.7. The van der Waals surface area contributed by atoms with E-state index in [0.29, 0.717) is 15.8 Å². The fourth-order valence-corrected chi connectivity index (χ4v) is 3.87. The molecule has 22 heavy (non-hydrogen) atoms. The highest BCUT2D eigenvalue weighted by atomic mass is 32.2. The molecule has 1 heterocycles. The van der Waals surface area contributed by atoms with Crippen molar-refractivity contribution in [2.75, 3.05) is 13.7 Å². The number of thiocarbonyl (C=S) groups is 1. The third-order valence-corrected chi connectivity index (χ3v) is 4.99. The standard InChI is InChI=1S/C17H15NO2S2/c1-3-18-16(19)15(22-17(18)21)10-13-12-7-5-4-6-11(12)8-9-14(13)20-2/h4-10H,3H2,1-2H3/b15-10+. The lowest BCUT2D eigenvalue weighted by Gasteiger charge is -2.10. The van der Waals surface area contributed by atoms with Crippen molar-refractivity contribution < 1.29 is 9.53 Å². The molecule has 3 nitrogen and oxygen atoms in total. The third-order valence-electron chi connectivity index (χ3n) is 3.62. The Morgan fingerprint density at radius 2 is 2.05 bits per heavy atom. The van der Waals surface area contributed by atoms with Gasteiger partial charge in [-0.25, -0.2) is 0 Å². The monoisotopic (exact) mass is 329 g/mol. The molecule has 2 aromatic carbocycles. The molecule has 1 aliphatic heterocycles. The summed E-state index contributed by atoms with van der Waals surface area (Å²) >= 11 is 6.61. The van der Waals surface area contributed by atoms with Crippen LogP contribution in [0, 0.1) is 0 Å². The zero-order valence-electron chi connectivity index (χ0n) is 12.3. The summed E-state index contributed by atoms with van der Waals surface area (Å²) in [6.45, 7) is 2.51. The quantitative estimate of drug-likeness (QED) is 0.627. The Labute approximate surface area is 138 Å². The van der Waals surface area contributed by atoms with Crippen LogP contribution in [0.3, 0.4) is 0 Å². The molecule has 1 aliphatic rings. The molecule has 0 radical (unpaired) electrons. The van der Waals surface area contributed by atoms with Crippen LogP contribution in [0.15, 0.2) is 41.3 Å². The minimum absolute atomic E-state index is 0.0347. The molecule has 2 aromatic rings. The molecule has 3 rings (SSSR count). The minimum Gasteiger partial charge on any atom is -0.496 e. The molecular formula is C17H15NO2S2. The van der Waals surface area contributed by atoms with E-state index in [9.17, 15) is 4.79 Å². The van der Waals surface area contributed by atoms with Gasteiger partial charge >= 0.3 is 0 Å². The van der Waals surface area contributed by atoms with E-state index in [0.717, 1.165) is 22.1 Å². The molecule has 1 saturated heterocycles. The number of hydrogen-bond acceptors (Lipinski definition) is 4. The number of rotatable bonds is 3. The number of benzene rings is 2. The summed E-state index contributed by atoms with van der Waals surface area (Å²) in [5.41, 5.74) is 0.914. The van der Waals surface area contributed by atoms with Crippen LogP contribution in [0.2, 0.25) is 0 Å². The number of hydrogen-bond donors (Lipinski definition) is 0. The number of nitrogens with zero attached hydrogens (tertiary/aromatic N) is 1. The van der Waals surface area contributed by atoms with Crippen molar-refractivity contribution in [1.82, 2.24) is 4.90 Å². The maximum atomic E-state index is 12.4. The van der Waals surface area contributed by atoms with Crippen LogP contribution < -0.4 is 4.74 Å². The van der Waals surface area contributed by atoms with Crippen LogP contribution in [0.5, 0.6) is 5.75 Å². The smallest absolute Gasteiger partial charge is 0.266 e. The summed E-state index contributed by atoms with van der Waals surface area (Å²) in [7, 11) is 1.64. The van der Waals surface area contributed by atoms with Crippen LogP contribution in [0.4, 0.5) is 0 Å². The number of thioether (sulfide) groups is 1. The van der Waals surface area contributed by atoms with E-state index in [4.69, 9.17) is 17.0 Å². The van der Waals surface area contributed by atoms with Crippen LogP contribution in [-0.4, -0.2) is 28.8 Å². The molecule has 0 aliphatic carbocycles. The second-order valence-corrected chi connectivity index (χ2v) is 6.50. The SMILES string of the molecule is CCN1C(=O)/C(=C\c2c(OC)ccc3ccccc23)SC1=S.